The van der Waals surface area contributed by atoms with Gasteiger partial charge in [-0.15, -0.1) is 10.2 Å². The number of aromatic nitrogens is 3. The molecule has 128 valence electrons. The van der Waals surface area contributed by atoms with E-state index in [9.17, 15) is 4.79 Å². The van der Waals surface area contributed by atoms with Crippen LogP contribution in [0.3, 0.4) is 0 Å². The van der Waals surface area contributed by atoms with Gasteiger partial charge in [0.1, 0.15) is 18.2 Å². The first-order valence-electron chi connectivity index (χ1n) is 8.44. The van der Waals surface area contributed by atoms with Gasteiger partial charge in [-0.25, -0.2) is 0 Å². The molecule has 6 nitrogen and oxygen atoms in total. The van der Waals surface area contributed by atoms with Crippen LogP contribution in [0.1, 0.15) is 40.4 Å². The second kappa shape index (κ2) is 7.03. The monoisotopic (exact) mass is 328 g/mol. The molecule has 0 unspecified atom stereocenters. The van der Waals surface area contributed by atoms with Gasteiger partial charge < -0.3 is 14.2 Å². The van der Waals surface area contributed by atoms with Gasteiger partial charge in [0.2, 0.25) is 5.82 Å². The molecule has 1 aliphatic heterocycles. The van der Waals surface area contributed by atoms with Crippen LogP contribution in [0.4, 0.5) is 0 Å². The summed E-state index contributed by atoms with van der Waals surface area (Å²) in [5, 5.41) is 8.23. The fraction of sp³-hybridized carbons (Fsp3) is 0.500. The van der Waals surface area contributed by atoms with Crippen LogP contribution in [0.15, 0.2) is 18.2 Å². The van der Waals surface area contributed by atoms with Gasteiger partial charge in [0.15, 0.2) is 0 Å². The van der Waals surface area contributed by atoms with Crippen LogP contribution < -0.4 is 4.74 Å². The van der Waals surface area contributed by atoms with Gasteiger partial charge in [-0.05, 0) is 38.3 Å². The first-order valence-corrected chi connectivity index (χ1v) is 8.44. The smallest absolute Gasteiger partial charge is 0.291 e. The van der Waals surface area contributed by atoms with Crippen molar-refractivity contribution in [2.45, 2.75) is 39.7 Å². The summed E-state index contributed by atoms with van der Waals surface area (Å²) in [5.41, 5.74) is 2.32. The van der Waals surface area contributed by atoms with E-state index in [0.29, 0.717) is 19.0 Å². The zero-order chi connectivity index (χ0) is 17.1. The number of hydrogen-bond acceptors (Lipinski definition) is 4. The van der Waals surface area contributed by atoms with Crippen LogP contribution >= 0.6 is 0 Å². The van der Waals surface area contributed by atoms with Gasteiger partial charge in [0, 0.05) is 20.0 Å². The number of aryl methyl sites for hydroxylation is 3. The Bertz CT molecular complexity index is 739. The number of hydrogen-bond donors (Lipinski definition) is 0. The minimum Gasteiger partial charge on any atom is -0.491 e. The topological polar surface area (TPSA) is 60.2 Å². The molecule has 0 radical (unpaired) electrons. The van der Waals surface area contributed by atoms with Crippen LogP contribution in [0.2, 0.25) is 0 Å². The fourth-order valence-electron chi connectivity index (χ4n) is 2.99. The molecule has 6 heteroatoms. The number of likely N-dealkylation sites (N-methyl/N-ethyl adjacent to an activating group) is 1. The second-order valence-electron chi connectivity index (χ2n) is 6.39. The van der Waals surface area contributed by atoms with E-state index in [4.69, 9.17) is 4.74 Å². The summed E-state index contributed by atoms with van der Waals surface area (Å²) < 4.78 is 7.76. The average Bonchev–Trinajstić information content (AvgIpc) is 3.00. The Hall–Kier alpha value is -2.37. The summed E-state index contributed by atoms with van der Waals surface area (Å²) in [6.07, 6.45) is 3.09. The molecule has 0 N–H and O–H groups in total. The lowest BCUT2D eigenvalue weighted by atomic mass is 10.1. The SMILES string of the molecule is Cc1ccc(OCCN(C)C(=O)c2nnc3n2CCCC3)c(C)c1. The van der Waals surface area contributed by atoms with Crippen molar-refractivity contribution in [2.75, 3.05) is 20.2 Å². The van der Waals surface area contributed by atoms with Crippen LogP contribution in [-0.4, -0.2) is 45.8 Å². The summed E-state index contributed by atoms with van der Waals surface area (Å²) in [6, 6.07) is 6.09. The Balaban J connectivity index is 1.57. The number of benzene rings is 1. The molecule has 2 aromatic rings. The molecule has 0 atom stereocenters. The summed E-state index contributed by atoms with van der Waals surface area (Å²) in [5.74, 6) is 2.13. The van der Waals surface area contributed by atoms with Crippen molar-refractivity contribution in [1.29, 1.82) is 0 Å². The molecule has 0 spiro atoms. The summed E-state index contributed by atoms with van der Waals surface area (Å²) in [4.78, 5) is 14.2. The lowest BCUT2D eigenvalue weighted by Crippen LogP contribution is -2.33. The molecule has 1 amide bonds. The Morgan fingerprint density at radius 2 is 2.12 bits per heavy atom. The van der Waals surface area contributed by atoms with Gasteiger partial charge in [0.25, 0.3) is 5.91 Å². The molecule has 24 heavy (non-hydrogen) atoms. The Morgan fingerprint density at radius 3 is 2.92 bits per heavy atom. The minimum absolute atomic E-state index is 0.0973. The summed E-state index contributed by atoms with van der Waals surface area (Å²) in [7, 11) is 1.78. The van der Waals surface area contributed by atoms with E-state index >= 15 is 0 Å². The fourth-order valence-corrected chi connectivity index (χ4v) is 2.99. The summed E-state index contributed by atoms with van der Waals surface area (Å²) in [6.45, 7) is 5.87. The largest absolute Gasteiger partial charge is 0.491 e. The average molecular weight is 328 g/mol. The molecule has 1 aromatic heterocycles. The Morgan fingerprint density at radius 1 is 1.29 bits per heavy atom. The highest BCUT2D eigenvalue weighted by Crippen LogP contribution is 2.19. The maximum Gasteiger partial charge on any atom is 0.291 e. The molecule has 2 heterocycles. The molecule has 0 bridgehead atoms. The molecule has 0 saturated heterocycles. The van der Waals surface area contributed by atoms with Crippen molar-refractivity contribution in [1.82, 2.24) is 19.7 Å². The number of fused-ring (bicyclic) bond motifs is 1. The molecule has 3 rings (SSSR count). The molecule has 1 aliphatic rings. The maximum atomic E-state index is 12.6. The highest BCUT2D eigenvalue weighted by molar-refractivity contribution is 5.90. The van der Waals surface area contributed by atoms with Gasteiger partial charge in [-0.2, -0.15) is 0 Å². The zero-order valence-corrected chi connectivity index (χ0v) is 14.6. The molecule has 0 fully saturated rings. The van der Waals surface area contributed by atoms with E-state index in [-0.39, 0.29) is 5.91 Å². The van der Waals surface area contributed by atoms with Crippen LogP contribution in [0, 0.1) is 13.8 Å². The number of amides is 1. The van der Waals surface area contributed by atoms with Crippen molar-refractivity contribution in [3.63, 3.8) is 0 Å². The molecule has 1 aromatic carbocycles. The standard InChI is InChI=1S/C18H24N4O2/c1-13-7-8-15(14(2)12-13)24-11-10-21(3)18(23)17-20-19-16-6-4-5-9-22(16)17/h7-8,12H,4-6,9-11H2,1-3H3. The molecular weight excluding hydrogens is 304 g/mol. The van der Waals surface area contributed by atoms with E-state index in [0.717, 1.165) is 42.9 Å². The minimum atomic E-state index is -0.0973. The van der Waals surface area contributed by atoms with Gasteiger partial charge in [-0.3, -0.25) is 4.79 Å². The maximum absolute atomic E-state index is 12.6. The third kappa shape index (κ3) is 3.42. The third-order valence-corrected chi connectivity index (χ3v) is 4.41. The quantitative estimate of drug-likeness (QED) is 0.845. The number of carbonyl (C=O) groups excluding carboxylic acids is 1. The third-order valence-electron chi connectivity index (χ3n) is 4.41. The molecular formula is C18H24N4O2. The van der Waals surface area contributed by atoms with Crippen LogP contribution in [0.25, 0.3) is 0 Å². The lowest BCUT2D eigenvalue weighted by molar-refractivity contribution is 0.0755. The second-order valence-corrected chi connectivity index (χ2v) is 6.39. The van der Waals surface area contributed by atoms with Crippen molar-refractivity contribution in [3.8, 4) is 5.75 Å². The van der Waals surface area contributed by atoms with Gasteiger partial charge >= 0.3 is 0 Å². The van der Waals surface area contributed by atoms with Crippen molar-refractivity contribution in [2.24, 2.45) is 0 Å². The van der Waals surface area contributed by atoms with Gasteiger partial charge in [0.05, 0.1) is 6.54 Å². The zero-order valence-electron chi connectivity index (χ0n) is 14.6. The van der Waals surface area contributed by atoms with Crippen molar-refractivity contribution < 1.29 is 9.53 Å². The van der Waals surface area contributed by atoms with E-state index in [1.165, 1.54) is 5.56 Å². The van der Waals surface area contributed by atoms with Crippen molar-refractivity contribution in [3.05, 3.63) is 41.0 Å². The van der Waals surface area contributed by atoms with E-state index < -0.39 is 0 Å². The molecule has 0 saturated carbocycles. The number of nitrogens with zero attached hydrogens (tertiary/aromatic N) is 4. The van der Waals surface area contributed by atoms with Gasteiger partial charge in [-0.1, -0.05) is 17.7 Å². The Kier molecular flexibility index (Phi) is 4.83. The van der Waals surface area contributed by atoms with E-state index in [1.807, 2.05) is 23.6 Å². The Labute approximate surface area is 142 Å². The van der Waals surface area contributed by atoms with E-state index in [1.54, 1.807) is 11.9 Å². The highest BCUT2D eigenvalue weighted by Gasteiger charge is 2.23. The first-order chi connectivity index (χ1) is 11.6. The number of rotatable bonds is 5. The predicted molar refractivity (Wildman–Crippen MR) is 91.3 cm³/mol. The number of carbonyl (C=O) groups is 1. The first kappa shape index (κ1) is 16.5. The van der Waals surface area contributed by atoms with Crippen LogP contribution in [-0.2, 0) is 13.0 Å². The highest BCUT2D eigenvalue weighted by atomic mass is 16.5. The number of ether oxygens (including phenoxy) is 1. The normalized spacial score (nSPS) is 13.5. The predicted octanol–water partition coefficient (Wildman–Crippen LogP) is 2.38. The summed E-state index contributed by atoms with van der Waals surface area (Å²) >= 11 is 0. The van der Waals surface area contributed by atoms with Crippen LogP contribution in [0.5, 0.6) is 5.75 Å². The van der Waals surface area contributed by atoms with E-state index in [2.05, 4.69) is 23.2 Å². The lowest BCUT2D eigenvalue weighted by Gasteiger charge is -2.19. The molecule has 0 aliphatic carbocycles. The van der Waals surface area contributed by atoms with Crippen molar-refractivity contribution >= 4 is 5.91 Å².